The molecule has 30 heavy (non-hydrogen) atoms. The molecule has 7 nitrogen and oxygen atoms in total. The molecular weight excluding hydrogens is 378 g/mol. The van der Waals surface area contributed by atoms with Gasteiger partial charge in [0, 0.05) is 57.5 Å². The lowest BCUT2D eigenvalue weighted by Crippen LogP contribution is -2.55. The number of fused-ring (bicyclic) bond motifs is 1. The standard InChI is InChI=1S/C23H31N5O2/c29-21-15-28(23-13-22(24-16-25-23)26-19-7-11-30-12-8-19)10-6-20(21)27-9-5-17-3-1-2-4-18(17)14-27/h1-4,13,16,19-21,29H,5-12,14-15H2,(H,24,25,26). The largest absolute Gasteiger partial charge is 0.390 e. The lowest BCUT2D eigenvalue weighted by Gasteiger charge is -2.43. The van der Waals surface area contributed by atoms with Gasteiger partial charge in [-0.15, -0.1) is 0 Å². The van der Waals surface area contributed by atoms with E-state index in [9.17, 15) is 5.11 Å². The third-order valence-corrected chi connectivity index (χ3v) is 6.73. The first kappa shape index (κ1) is 19.7. The Kier molecular flexibility index (Phi) is 5.84. The minimum atomic E-state index is -0.383. The zero-order chi connectivity index (χ0) is 20.3. The van der Waals surface area contributed by atoms with Gasteiger partial charge in [-0.1, -0.05) is 24.3 Å². The molecule has 0 spiro atoms. The lowest BCUT2D eigenvalue weighted by atomic mass is 9.94. The number of hydrogen-bond acceptors (Lipinski definition) is 7. The van der Waals surface area contributed by atoms with Crippen molar-refractivity contribution in [2.45, 2.75) is 50.4 Å². The molecule has 0 amide bonds. The van der Waals surface area contributed by atoms with Crippen molar-refractivity contribution < 1.29 is 9.84 Å². The van der Waals surface area contributed by atoms with Crippen molar-refractivity contribution in [3.8, 4) is 0 Å². The quantitative estimate of drug-likeness (QED) is 0.801. The summed E-state index contributed by atoms with van der Waals surface area (Å²) in [4.78, 5) is 13.5. The normalized spacial score (nSPS) is 25.7. The van der Waals surface area contributed by atoms with E-state index in [1.807, 2.05) is 6.07 Å². The van der Waals surface area contributed by atoms with Gasteiger partial charge >= 0.3 is 0 Å². The van der Waals surface area contributed by atoms with Gasteiger partial charge in [0.1, 0.15) is 18.0 Å². The Hall–Kier alpha value is -2.22. The molecule has 2 fully saturated rings. The van der Waals surface area contributed by atoms with Crippen molar-refractivity contribution in [3.63, 3.8) is 0 Å². The fraction of sp³-hybridized carbons (Fsp3) is 0.565. The van der Waals surface area contributed by atoms with E-state index in [0.717, 1.165) is 70.2 Å². The summed E-state index contributed by atoms with van der Waals surface area (Å²) in [5.74, 6) is 1.75. The topological polar surface area (TPSA) is 73.8 Å². The van der Waals surface area contributed by atoms with Gasteiger partial charge in [-0.25, -0.2) is 9.97 Å². The van der Waals surface area contributed by atoms with Crippen LogP contribution in [0.1, 0.15) is 30.4 Å². The fourth-order valence-corrected chi connectivity index (χ4v) is 5.00. The highest BCUT2D eigenvalue weighted by Gasteiger charge is 2.34. The van der Waals surface area contributed by atoms with Crippen LogP contribution < -0.4 is 10.2 Å². The average Bonchev–Trinajstić information content (AvgIpc) is 2.79. The molecule has 1 aromatic carbocycles. The van der Waals surface area contributed by atoms with Crippen LogP contribution in [0.15, 0.2) is 36.7 Å². The van der Waals surface area contributed by atoms with E-state index in [2.05, 4.69) is 49.4 Å². The van der Waals surface area contributed by atoms with Gasteiger partial charge in [0.2, 0.25) is 0 Å². The summed E-state index contributed by atoms with van der Waals surface area (Å²) in [7, 11) is 0. The maximum atomic E-state index is 11.0. The molecular formula is C23H31N5O2. The Balaban J connectivity index is 1.21. The van der Waals surface area contributed by atoms with E-state index in [0.29, 0.717) is 12.6 Å². The van der Waals surface area contributed by atoms with E-state index in [1.54, 1.807) is 6.33 Å². The van der Waals surface area contributed by atoms with Crippen molar-refractivity contribution in [3.05, 3.63) is 47.8 Å². The maximum absolute atomic E-state index is 11.0. The second kappa shape index (κ2) is 8.88. The van der Waals surface area contributed by atoms with Crippen molar-refractivity contribution in [2.24, 2.45) is 0 Å². The number of piperidine rings is 1. The van der Waals surface area contributed by atoms with Crippen LogP contribution in [0.5, 0.6) is 0 Å². The number of nitrogens with one attached hydrogen (secondary N) is 1. The second-order valence-corrected chi connectivity index (χ2v) is 8.65. The monoisotopic (exact) mass is 409 g/mol. The van der Waals surface area contributed by atoms with Gasteiger partial charge in [-0.2, -0.15) is 0 Å². The van der Waals surface area contributed by atoms with Crippen LogP contribution in [-0.4, -0.2) is 71.0 Å². The minimum Gasteiger partial charge on any atom is -0.390 e. The summed E-state index contributed by atoms with van der Waals surface area (Å²) in [5.41, 5.74) is 2.85. The summed E-state index contributed by atoms with van der Waals surface area (Å²) in [5, 5.41) is 14.5. The predicted molar refractivity (Wildman–Crippen MR) is 117 cm³/mol. The molecule has 3 aliphatic heterocycles. The number of hydrogen-bond donors (Lipinski definition) is 2. The Morgan fingerprint density at radius 3 is 2.70 bits per heavy atom. The van der Waals surface area contributed by atoms with Crippen molar-refractivity contribution in [2.75, 3.05) is 43.1 Å². The predicted octanol–water partition coefficient (Wildman–Crippen LogP) is 2.07. The molecule has 3 aliphatic rings. The Bertz CT molecular complexity index is 857. The SMILES string of the molecule is OC1CN(c2cc(NC3CCOCC3)ncn2)CCC1N1CCc2ccccc2C1. The number of aliphatic hydroxyl groups is 1. The van der Waals surface area contributed by atoms with Gasteiger partial charge in [-0.3, -0.25) is 4.90 Å². The first-order valence-corrected chi connectivity index (χ1v) is 11.2. The number of aliphatic hydroxyl groups excluding tert-OH is 1. The van der Waals surface area contributed by atoms with E-state index >= 15 is 0 Å². The average molecular weight is 410 g/mol. The van der Waals surface area contributed by atoms with E-state index in [4.69, 9.17) is 4.74 Å². The van der Waals surface area contributed by atoms with Crippen LogP contribution in [0.3, 0.4) is 0 Å². The van der Waals surface area contributed by atoms with Crippen LogP contribution in [0.2, 0.25) is 0 Å². The smallest absolute Gasteiger partial charge is 0.134 e. The van der Waals surface area contributed by atoms with Crippen molar-refractivity contribution in [1.82, 2.24) is 14.9 Å². The highest BCUT2D eigenvalue weighted by molar-refractivity contribution is 5.49. The van der Waals surface area contributed by atoms with Crippen LogP contribution in [0.4, 0.5) is 11.6 Å². The Morgan fingerprint density at radius 2 is 1.87 bits per heavy atom. The molecule has 2 aromatic rings. The van der Waals surface area contributed by atoms with Gasteiger partial charge in [0.15, 0.2) is 0 Å². The lowest BCUT2D eigenvalue weighted by molar-refractivity contribution is 0.0293. The molecule has 1 aromatic heterocycles. The first-order valence-electron chi connectivity index (χ1n) is 11.2. The zero-order valence-corrected chi connectivity index (χ0v) is 17.4. The van der Waals surface area contributed by atoms with Crippen LogP contribution in [-0.2, 0) is 17.7 Å². The van der Waals surface area contributed by atoms with E-state index in [-0.39, 0.29) is 12.1 Å². The van der Waals surface area contributed by atoms with E-state index in [1.165, 1.54) is 11.1 Å². The Morgan fingerprint density at radius 1 is 1.03 bits per heavy atom. The fourth-order valence-electron chi connectivity index (χ4n) is 5.00. The molecule has 2 atom stereocenters. The highest BCUT2D eigenvalue weighted by Crippen LogP contribution is 2.27. The third-order valence-electron chi connectivity index (χ3n) is 6.73. The molecule has 5 rings (SSSR count). The second-order valence-electron chi connectivity index (χ2n) is 8.65. The van der Waals surface area contributed by atoms with Crippen molar-refractivity contribution >= 4 is 11.6 Å². The highest BCUT2D eigenvalue weighted by atomic mass is 16.5. The summed E-state index contributed by atoms with van der Waals surface area (Å²) in [6.45, 7) is 5.06. The van der Waals surface area contributed by atoms with E-state index < -0.39 is 0 Å². The zero-order valence-electron chi connectivity index (χ0n) is 17.4. The third kappa shape index (κ3) is 4.29. The van der Waals surface area contributed by atoms with Gasteiger partial charge in [-0.05, 0) is 36.8 Å². The summed E-state index contributed by atoms with van der Waals surface area (Å²) >= 11 is 0. The number of aromatic nitrogens is 2. The number of β-amino-alcohol motifs (C(OH)–C–C–N with tert-alkyl or cyclic N) is 1. The summed E-state index contributed by atoms with van der Waals surface area (Å²) in [6.07, 6.45) is 5.25. The molecule has 0 saturated carbocycles. The molecule has 0 aliphatic carbocycles. The number of rotatable bonds is 4. The molecule has 160 valence electrons. The first-order chi connectivity index (χ1) is 14.8. The van der Waals surface area contributed by atoms with Gasteiger partial charge in [0.05, 0.1) is 6.10 Å². The minimum absolute atomic E-state index is 0.205. The summed E-state index contributed by atoms with van der Waals surface area (Å²) in [6, 6.07) is 11.3. The number of benzene rings is 1. The molecule has 4 heterocycles. The Labute approximate surface area is 178 Å². The van der Waals surface area contributed by atoms with Gasteiger partial charge < -0.3 is 20.1 Å². The van der Waals surface area contributed by atoms with Crippen molar-refractivity contribution in [1.29, 1.82) is 0 Å². The van der Waals surface area contributed by atoms with Crippen LogP contribution in [0, 0.1) is 0 Å². The number of nitrogens with zero attached hydrogens (tertiary/aromatic N) is 4. The van der Waals surface area contributed by atoms with Crippen LogP contribution in [0.25, 0.3) is 0 Å². The maximum Gasteiger partial charge on any atom is 0.134 e. The molecule has 2 saturated heterocycles. The molecule has 0 radical (unpaired) electrons. The molecule has 0 bridgehead atoms. The number of ether oxygens (including phenoxy) is 1. The number of anilines is 2. The van der Waals surface area contributed by atoms with Gasteiger partial charge in [0.25, 0.3) is 0 Å². The molecule has 7 heteroatoms. The molecule has 2 N–H and O–H groups in total. The molecule has 2 unspecified atom stereocenters. The van der Waals surface area contributed by atoms with Crippen LogP contribution >= 0.6 is 0 Å². The summed E-state index contributed by atoms with van der Waals surface area (Å²) < 4.78 is 5.43.